The summed E-state index contributed by atoms with van der Waals surface area (Å²) < 4.78 is 23.1. The van der Waals surface area contributed by atoms with Crippen molar-refractivity contribution in [2.75, 3.05) is 13.3 Å². The molecule has 0 fully saturated rings. The summed E-state index contributed by atoms with van der Waals surface area (Å²) in [7, 11) is -1.69. The van der Waals surface area contributed by atoms with Crippen molar-refractivity contribution in [2.24, 2.45) is 0 Å². The summed E-state index contributed by atoms with van der Waals surface area (Å²) in [5, 5.41) is -0.214. The van der Waals surface area contributed by atoms with Crippen LogP contribution in [0.2, 0.25) is 10.0 Å². The molecule has 20 heavy (non-hydrogen) atoms. The monoisotopic (exact) mass is 337 g/mol. The Hall–Kier alpha value is -0.780. The molecule has 1 aromatic rings. The molecule has 0 N–H and O–H groups in total. The predicted molar refractivity (Wildman–Crippen MR) is 82.3 cm³/mol. The van der Waals surface area contributed by atoms with Crippen LogP contribution in [0.4, 0.5) is 0 Å². The van der Waals surface area contributed by atoms with Crippen LogP contribution >= 0.6 is 23.2 Å². The van der Waals surface area contributed by atoms with Crippen molar-refractivity contribution in [3.05, 3.63) is 33.8 Å². The van der Waals surface area contributed by atoms with E-state index in [4.69, 9.17) is 23.2 Å². The lowest BCUT2D eigenvalue weighted by atomic mass is 10.1. The first-order valence-corrected chi connectivity index (χ1v) is 8.68. The van der Waals surface area contributed by atoms with Gasteiger partial charge in [0.15, 0.2) is 9.84 Å². The Morgan fingerprint density at radius 2 is 1.80 bits per heavy atom. The summed E-state index contributed by atoms with van der Waals surface area (Å²) >= 11 is 11.9. The van der Waals surface area contributed by atoms with Crippen molar-refractivity contribution in [1.29, 1.82) is 0 Å². The second-order valence-electron chi connectivity index (χ2n) is 4.79. The highest BCUT2D eigenvalue weighted by Crippen LogP contribution is 2.27. The van der Waals surface area contributed by atoms with Gasteiger partial charge in [0.2, 0.25) is 0 Å². The van der Waals surface area contributed by atoms with Crippen LogP contribution < -0.4 is 0 Å². The Morgan fingerprint density at radius 3 is 2.30 bits per heavy atom. The minimum absolute atomic E-state index is 0.172. The van der Waals surface area contributed by atoms with Crippen LogP contribution in [0.15, 0.2) is 18.2 Å². The van der Waals surface area contributed by atoms with Gasteiger partial charge >= 0.3 is 0 Å². The topological polar surface area (TPSA) is 54.5 Å². The van der Waals surface area contributed by atoms with Crippen molar-refractivity contribution in [3.63, 3.8) is 0 Å². The smallest absolute Gasteiger partial charge is 0.255 e. The highest BCUT2D eigenvalue weighted by atomic mass is 35.5. The second kappa shape index (κ2) is 6.33. The van der Waals surface area contributed by atoms with Crippen LogP contribution in [-0.4, -0.2) is 43.8 Å². The fraction of sp³-hybridized carbons (Fsp3) is 0.462. The maximum atomic E-state index is 12.4. The van der Waals surface area contributed by atoms with Gasteiger partial charge in [-0.25, -0.2) is 8.42 Å². The van der Waals surface area contributed by atoms with Crippen molar-refractivity contribution < 1.29 is 13.2 Å². The molecule has 0 radical (unpaired) electrons. The summed E-state index contributed by atoms with van der Waals surface area (Å²) in [6.45, 7) is 3.26. The van der Waals surface area contributed by atoms with E-state index < -0.39 is 21.1 Å². The lowest BCUT2D eigenvalue weighted by molar-refractivity contribution is 0.0743. The molecule has 2 atom stereocenters. The highest BCUT2D eigenvalue weighted by molar-refractivity contribution is 7.91. The third kappa shape index (κ3) is 3.65. The number of halogens is 2. The van der Waals surface area contributed by atoms with Gasteiger partial charge in [-0.3, -0.25) is 4.79 Å². The van der Waals surface area contributed by atoms with Gasteiger partial charge < -0.3 is 4.90 Å². The second-order valence-corrected chi connectivity index (χ2v) is 7.98. The Kier molecular flexibility index (Phi) is 5.46. The number of nitrogens with zero attached hydrogens (tertiary/aromatic N) is 1. The summed E-state index contributed by atoms with van der Waals surface area (Å²) in [5.41, 5.74) is 0.259. The summed E-state index contributed by atoms with van der Waals surface area (Å²) in [5.74, 6) is -0.361. The molecule has 7 heteroatoms. The van der Waals surface area contributed by atoms with Crippen LogP contribution in [0.5, 0.6) is 0 Å². The van der Waals surface area contributed by atoms with E-state index in [1.165, 1.54) is 4.90 Å². The maximum Gasteiger partial charge on any atom is 0.255 e. The molecule has 0 heterocycles. The van der Waals surface area contributed by atoms with Gasteiger partial charge in [-0.05, 0) is 26.0 Å². The number of benzene rings is 1. The summed E-state index contributed by atoms with van der Waals surface area (Å²) in [6, 6.07) is 4.29. The van der Waals surface area contributed by atoms with Crippen LogP contribution in [0.3, 0.4) is 0 Å². The molecule has 0 saturated heterocycles. The molecule has 1 amide bonds. The number of amides is 1. The number of hydrogen-bond acceptors (Lipinski definition) is 3. The zero-order valence-corrected chi connectivity index (χ0v) is 14.1. The fourth-order valence-electron chi connectivity index (χ4n) is 1.72. The van der Waals surface area contributed by atoms with E-state index in [1.807, 2.05) is 0 Å². The van der Waals surface area contributed by atoms with Crippen molar-refractivity contribution in [3.8, 4) is 0 Å². The molecule has 1 aromatic carbocycles. The number of carbonyl (C=O) groups excluding carboxylic acids is 1. The minimum Gasteiger partial charge on any atom is -0.338 e. The van der Waals surface area contributed by atoms with E-state index in [9.17, 15) is 13.2 Å². The molecular weight excluding hydrogens is 321 g/mol. The van der Waals surface area contributed by atoms with E-state index in [0.29, 0.717) is 0 Å². The van der Waals surface area contributed by atoms with Gasteiger partial charge in [0, 0.05) is 19.3 Å². The molecule has 4 nitrogen and oxygen atoms in total. The number of hydrogen-bond donors (Lipinski definition) is 0. The zero-order chi connectivity index (χ0) is 15.7. The Morgan fingerprint density at radius 1 is 1.25 bits per heavy atom. The van der Waals surface area contributed by atoms with E-state index in [0.717, 1.165) is 6.26 Å². The molecule has 0 aromatic heterocycles. The molecule has 0 aliphatic rings. The SMILES string of the molecule is C[C@H]([C@H](C)S(C)(=O)=O)N(C)C(=O)c1cccc(Cl)c1Cl. The average molecular weight is 338 g/mol. The number of sulfone groups is 1. The molecule has 0 unspecified atom stereocenters. The van der Waals surface area contributed by atoms with Crippen LogP contribution in [0.25, 0.3) is 0 Å². The number of rotatable bonds is 4. The highest BCUT2D eigenvalue weighted by Gasteiger charge is 2.29. The summed E-state index contributed by atoms with van der Waals surface area (Å²) in [6.07, 6.45) is 1.15. The Labute approximate surface area is 129 Å². The van der Waals surface area contributed by atoms with Gasteiger partial charge in [0.25, 0.3) is 5.91 Å². The molecular formula is C13H17Cl2NO3S. The molecule has 112 valence electrons. The molecule has 0 aliphatic heterocycles. The average Bonchev–Trinajstić information content (AvgIpc) is 2.37. The quantitative estimate of drug-likeness (QED) is 0.848. The van der Waals surface area contributed by atoms with Crippen molar-refractivity contribution >= 4 is 38.9 Å². The summed E-state index contributed by atoms with van der Waals surface area (Å²) in [4.78, 5) is 13.7. The standard InChI is InChI=1S/C13H17Cl2NO3S/c1-8(9(2)20(4,18)19)16(3)13(17)10-6-5-7-11(14)12(10)15/h5-9H,1-4H3/t8-,9+/m1/s1. The largest absolute Gasteiger partial charge is 0.338 e. The van der Waals surface area contributed by atoms with E-state index in [-0.39, 0.29) is 21.5 Å². The molecule has 1 rings (SSSR count). The minimum atomic E-state index is -3.23. The number of carbonyl (C=O) groups is 1. The van der Waals surface area contributed by atoms with Crippen LogP contribution in [0.1, 0.15) is 24.2 Å². The van der Waals surface area contributed by atoms with Gasteiger partial charge in [-0.15, -0.1) is 0 Å². The predicted octanol–water partition coefficient (Wildman–Crippen LogP) is 2.89. The van der Waals surface area contributed by atoms with E-state index in [1.54, 1.807) is 39.1 Å². The van der Waals surface area contributed by atoms with Crippen LogP contribution in [0, 0.1) is 0 Å². The molecule has 0 saturated carbocycles. The lowest BCUT2D eigenvalue weighted by Gasteiger charge is -2.29. The molecule has 0 bridgehead atoms. The first-order chi connectivity index (χ1) is 9.07. The Bertz CT molecular complexity index is 616. The maximum absolute atomic E-state index is 12.4. The zero-order valence-electron chi connectivity index (χ0n) is 11.7. The van der Waals surface area contributed by atoms with Crippen molar-refractivity contribution in [1.82, 2.24) is 4.90 Å². The van der Waals surface area contributed by atoms with Gasteiger partial charge in [-0.2, -0.15) is 0 Å². The van der Waals surface area contributed by atoms with Crippen LogP contribution in [-0.2, 0) is 9.84 Å². The molecule has 0 spiro atoms. The first kappa shape index (κ1) is 17.3. The fourth-order valence-corrected chi connectivity index (χ4v) is 3.00. The van der Waals surface area contributed by atoms with E-state index in [2.05, 4.69) is 0 Å². The lowest BCUT2D eigenvalue weighted by Crippen LogP contribution is -2.44. The van der Waals surface area contributed by atoms with Gasteiger partial charge in [-0.1, -0.05) is 29.3 Å². The normalized spacial score (nSPS) is 14.7. The Balaban J connectivity index is 3.06. The van der Waals surface area contributed by atoms with Gasteiger partial charge in [0.1, 0.15) is 0 Å². The van der Waals surface area contributed by atoms with Gasteiger partial charge in [0.05, 0.1) is 20.9 Å². The third-order valence-corrected chi connectivity index (χ3v) is 6.03. The first-order valence-electron chi connectivity index (χ1n) is 5.97. The third-order valence-electron chi connectivity index (χ3n) is 3.47. The van der Waals surface area contributed by atoms with E-state index >= 15 is 0 Å². The van der Waals surface area contributed by atoms with Crippen molar-refractivity contribution in [2.45, 2.75) is 25.1 Å². The molecule has 0 aliphatic carbocycles.